The van der Waals surface area contributed by atoms with E-state index in [2.05, 4.69) is 14.9 Å². The molecule has 21 heavy (non-hydrogen) atoms. The number of hydrogen-bond donors (Lipinski definition) is 2. The predicted octanol–water partition coefficient (Wildman–Crippen LogP) is 1.62. The van der Waals surface area contributed by atoms with Gasteiger partial charge in [0.1, 0.15) is 0 Å². The van der Waals surface area contributed by atoms with Crippen LogP contribution in [0.4, 0.5) is 0 Å². The lowest BCUT2D eigenvalue weighted by Gasteiger charge is -2.29. The zero-order chi connectivity index (χ0) is 15.3. The Morgan fingerprint density at radius 1 is 1.33 bits per heavy atom. The Morgan fingerprint density at radius 2 is 2.05 bits per heavy atom. The fraction of sp³-hybridized carbons (Fsp3) is 0.714. The lowest BCUT2D eigenvalue weighted by atomic mass is 10.1. The lowest BCUT2D eigenvalue weighted by Crippen LogP contribution is -2.43. The largest absolute Gasteiger partial charge is 0.315 e. The summed E-state index contributed by atoms with van der Waals surface area (Å²) in [6, 6.07) is 1.61. The molecule has 2 heterocycles. The molecule has 1 fully saturated rings. The Labute approximate surface area is 131 Å². The number of thiophene rings is 1. The first-order valence-electron chi connectivity index (χ1n) is 7.48. The highest BCUT2D eigenvalue weighted by Gasteiger charge is 2.23. The minimum atomic E-state index is -3.43. The molecule has 0 saturated carbocycles. The van der Waals surface area contributed by atoms with Crippen LogP contribution in [0.5, 0.6) is 0 Å². The van der Waals surface area contributed by atoms with Crippen LogP contribution >= 0.6 is 11.3 Å². The van der Waals surface area contributed by atoms with E-state index in [1.165, 1.54) is 30.6 Å². The number of nitrogens with zero attached hydrogens (tertiary/aromatic N) is 1. The lowest BCUT2D eigenvalue weighted by molar-refractivity contribution is 0.215. The van der Waals surface area contributed by atoms with Crippen LogP contribution in [0.15, 0.2) is 16.3 Å². The second-order valence-electron chi connectivity index (χ2n) is 5.62. The van der Waals surface area contributed by atoms with E-state index in [-0.39, 0.29) is 6.04 Å². The molecule has 0 aliphatic carbocycles. The molecule has 1 unspecified atom stereocenters. The number of sulfonamides is 1. The van der Waals surface area contributed by atoms with Gasteiger partial charge in [0.15, 0.2) is 0 Å². The Kier molecular flexibility index (Phi) is 6.19. The number of hydrogen-bond acceptors (Lipinski definition) is 5. The van der Waals surface area contributed by atoms with E-state index in [0.29, 0.717) is 11.4 Å². The minimum absolute atomic E-state index is 0.0737. The van der Waals surface area contributed by atoms with E-state index >= 15 is 0 Å². The Balaban J connectivity index is 1.97. The molecule has 0 aromatic carbocycles. The van der Waals surface area contributed by atoms with Crippen LogP contribution in [-0.2, 0) is 16.6 Å². The molecule has 1 aromatic heterocycles. The number of rotatable bonds is 7. The van der Waals surface area contributed by atoms with Gasteiger partial charge in [-0.1, -0.05) is 6.42 Å². The third-order valence-corrected chi connectivity index (χ3v) is 6.39. The van der Waals surface area contributed by atoms with Crippen molar-refractivity contribution in [1.29, 1.82) is 0 Å². The molecule has 2 rings (SSSR count). The van der Waals surface area contributed by atoms with Gasteiger partial charge in [-0.15, -0.1) is 11.3 Å². The summed E-state index contributed by atoms with van der Waals surface area (Å²) in [5.41, 5.74) is 0. The van der Waals surface area contributed by atoms with Crippen LogP contribution in [-0.4, -0.2) is 46.0 Å². The number of piperidine rings is 1. The van der Waals surface area contributed by atoms with Crippen LogP contribution in [0.2, 0.25) is 0 Å². The molecular formula is C14H25N3O2S2. The van der Waals surface area contributed by atoms with Crippen molar-refractivity contribution in [1.82, 2.24) is 14.9 Å². The van der Waals surface area contributed by atoms with E-state index in [1.54, 1.807) is 6.07 Å². The minimum Gasteiger partial charge on any atom is -0.315 e. The van der Waals surface area contributed by atoms with Crippen LogP contribution in [0, 0.1) is 0 Å². The quantitative estimate of drug-likeness (QED) is 0.797. The maximum Gasteiger partial charge on any atom is 0.242 e. The molecule has 5 nitrogen and oxygen atoms in total. The summed E-state index contributed by atoms with van der Waals surface area (Å²) < 4.78 is 27.8. The smallest absolute Gasteiger partial charge is 0.242 e. The molecule has 2 N–H and O–H groups in total. The van der Waals surface area contributed by atoms with Crippen LogP contribution in [0.25, 0.3) is 0 Å². The standard InChI is InChI=1S/C14H25N3O2S2/c1-12(11-17-7-4-3-5-8-17)16-21(18,19)14-6-9-20-13(14)10-15-2/h6,9,12,15-16H,3-5,7-8,10-11H2,1-2H3. The summed E-state index contributed by atoms with van der Waals surface area (Å²) in [4.78, 5) is 3.61. The van der Waals surface area contributed by atoms with Gasteiger partial charge in [-0.3, -0.25) is 0 Å². The highest BCUT2D eigenvalue weighted by Crippen LogP contribution is 2.22. The molecule has 0 radical (unpaired) electrons. The number of nitrogens with one attached hydrogen (secondary N) is 2. The average Bonchev–Trinajstić information content (AvgIpc) is 2.88. The Morgan fingerprint density at radius 3 is 2.71 bits per heavy atom. The van der Waals surface area contributed by atoms with Crippen molar-refractivity contribution in [2.75, 3.05) is 26.7 Å². The van der Waals surface area contributed by atoms with Gasteiger partial charge in [-0.05, 0) is 51.3 Å². The first-order chi connectivity index (χ1) is 10.0. The SMILES string of the molecule is CNCc1sccc1S(=O)(=O)NC(C)CN1CCCCC1. The van der Waals surface area contributed by atoms with Gasteiger partial charge in [0.2, 0.25) is 10.0 Å². The topological polar surface area (TPSA) is 61.4 Å². The Hall–Kier alpha value is -0.470. The third kappa shape index (κ3) is 4.75. The summed E-state index contributed by atoms with van der Waals surface area (Å²) in [5, 5.41) is 4.84. The molecule has 7 heteroatoms. The molecule has 0 spiro atoms. The summed E-state index contributed by atoms with van der Waals surface area (Å²) >= 11 is 1.47. The Bertz CT molecular complexity index is 536. The normalized spacial score (nSPS) is 18.8. The van der Waals surface area contributed by atoms with Crippen LogP contribution in [0.3, 0.4) is 0 Å². The molecule has 1 aliphatic rings. The van der Waals surface area contributed by atoms with E-state index in [1.807, 2.05) is 19.4 Å². The van der Waals surface area contributed by atoms with Gasteiger partial charge < -0.3 is 10.2 Å². The van der Waals surface area contributed by atoms with Crippen molar-refractivity contribution in [2.24, 2.45) is 0 Å². The van der Waals surface area contributed by atoms with E-state index < -0.39 is 10.0 Å². The average molecular weight is 332 g/mol. The maximum absolute atomic E-state index is 12.5. The molecule has 120 valence electrons. The van der Waals surface area contributed by atoms with Crippen molar-refractivity contribution < 1.29 is 8.42 Å². The van der Waals surface area contributed by atoms with Gasteiger partial charge >= 0.3 is 0 Å². The van der Waals surface area contributed by atoms with E-state index in [4.69, 9.17) is 0 Å². The fourth-order valence-electron chi connectivity index (χ4n) is 2.75. The van der Waals surface area contributed by atoms with Crippen molar-refractivity contribution >= 4 is 21.4 Å². The van der Waals surface area contributed by atoms with E-state index in [0.717, 1.165) is 24.5 Å². The van der Waals surface area contributed by atoms with Crippen molar-refractivity contribution in [3.63, 3.8) is 0 Å². The van der Waals surface area contributed by atoms with Gasteiger partial charge in [0, 0.05) is 24.0 Å². The van der Waals surface area contributed by atoms with Gasteiger partial charge in [-0.25, -0.2) is 13.1 Å². The maximum atomic E-state index is 12.5. The summed E-state index contributed by atoms with van der Waals surface area (Å²) in [6.45, 7) is 5.46. The fourth-order valence-corrected chi connectivity index (χ4v) is 5.44. The van der Waals surface area contributed by atoms with Gasteiger partial charge in [0.25, 0.3) is 0 Å². The van der Waals surface area contributed by atoms with Crippen LogP contribution in [0.1, 0.15) is 31.1 Å². The molecule has 1 aliphatic heterocycles. The molecule has 1 saturated heterocycles. The molecular weight excluding hydrogens is 306 g/mol. The highest BCUT2D eigenvalue weighted by molar-refractivity contribution is 7.89. The van der Waals surface area contributed by atoms with Crippen molar-refractivity contribution in [2.45, 2.75) is 43.7 Å². The van der Waals surface area contributed by atoms with Gasteiger partial charge in [0.05, 0.1) is 4.90 Å². The first kappa shape index (κ1) is 16.9. The van der Waals surface area contributed by atoms with Crippen LogP contribution < -0.4 is 10.0 Å². The zero-order valence-electron chi connectivity index (χ0n) is 12.8. The third-order valence-electron chi connectivity index (χ3n) is 3.67. The van der Waals surface area contributed by atoms with Crippen molar-refractivity contribution in [3.8, 4) is 0 Å². The molecule has 1 aromatic rings. The van der Waals surface area contributed by atoms with Gasteiger partial charge in [-0.2, -0.15) is 0 Å². The first-order valence-corrected chi connectivity index (χ1v) is 9.85. The molecule has 0 bridgehead atoms. The van der Waals surface area contributed by atoms with E-state index in [9.17, 15) is 8.42 Å². The number of likely N-dealkylation sites (tertiary alicyclic amines) is 1. The molecule has 1 atom stereocenters. The predicted molar refractivity (Wildman–Crippen MR) is 87.2 cm³/mol. The summed E-state index contributed by atoms with van der Waals surface area (Å²) in [5.74, 6) is 0. The summed E-state index contributed by atoms with van der Waals surface area (Å²) in [6.07, 6.45) is 3.73. The van der Waals surface area contributed by atoms with Crippen molar-refractivity contribution in [3.05, 3.63) is 16.3 Å². The summed E-state index contributed by atoms with van der Waals surface area (Å²) in [7, 11) is -1.60. The second kappa shape index (κ2) is 7.69. The highest BCUT2D eigenvalue weighted by atomic mass is 32.2. The monoisotopic (exact) mass is 331 g/mol. The second-order valence-corrected chi connectivity index (χ2v) is 8.31. The molecule has 0 amide bonds. The zero-order valence-corrected chi connectivity index (χ0v) is 14.4.